The summed E-state index contributed by atoms with van der Waals surface area (Å²) in [6.07, 6.45) is 5.30. The van der Waals surface area contributed by atoms with Crippen molar-refractivity contribution in [3.63, 3.8) is 0 Å². The van der Waals surface area contributed by atoms with E-state index in [2.05, 4.69) is 21.0 Å². The molecule has 0 amide bonds. The fraction of sp³-hybridized carbons (Fsp3) is 0.111. The molecule has 2 heterocycles. The quantitative estimate of drug-likeness (QED) is 0.622. The number of para-hydroxylation sites is 1. The van der Waals surface area contributed by atoms with Gasteiger partial charge in [0.1, 0.15) is 11.6 Å². The first-order chi connectivity index (χ1) is 11.3. The summed E-state index contributed by atoms with van der Waals surface area (Å²) in [7, 11) is 0. The Bertz CT molecular complexity index is 913. The normalized spacial score (nSPS) is 12.4. The number of H-pyrrole nitrogens is 1. The van der Waals surface area contributed by atoms with Crippen LogP contribution in [0.4, 0.5) is 0 Å². The second kappa shape index (κ2) is 5.61. The molecule has 5 nitrogen and oxygen atoms in total. The Morgan fingerprint density at radius 2 is 2.00 bits per heavy atom. The van der Waals surface area contributed by atoms with Crippen molar-refractivity contribution in [1.29, 1.82) is 0 Å². The second-order valence-electron chi connectivity index (χ2n) is 5.37. The number of aromatic nitrogens is 4. The highest BCUT2D eigenvalue weighted by Crippen LogP contribution is 2.23. The van der Waals surface area contributed by atoms with Crippen LogP contribution in [0.1, 0.15) is 18.9 Å². The van der Waals surface area contributed by atoms with Gasteiger partial charge in [-0.05, 0) is 37.3 Å². The first-order valence-electron chi connectivity index (χ1n) is 7.49. The molecule has 0 unspecified atom stereocenters. The van der Waals surface area contributed by atoms with Gasteiger partial charge in [-0.2, -0.15) is 0 Å². The predicted molar refractivity (Wildman–Crippen MR) is 88.7 cm³/mol. The number of hydrogen-bond acceptors (Lipinski definition) is 3. The Morgan fingerprint density at radius 1 is 1.13 bits per heavy atom. The van der Waals surface area contributed by atoms with E-state index in [9.17, 15) is 0 Å². The first kappa shape index (κ1) is 13.6. The molecule has 0 radical (unpaired) electrons. The Morgan fingerprint density at radius 3 is 2.78 bits per heavy atom. The van der Waals surface area contributed by atoms with Crippen molar-refractivity contribution in [2.24, 2.45) is 0 Å². The fourth-order valence-corrected chi connectivity index (χ4v) is 2.54. The lowest BCUT2D eigenvalue weighted by molar-refractivity contribution is 0.218. The van der Waals surface area contributed by atoms with Gasteiger partial charge < -0.3 is 14.3 Å². The summed E-state index contributed by atoms with van der Waals surface area (Å²) in [6.45, 7) is 1.99. The maximum absolute atomic E-state index is 5.92. The molecular formula is C18H16N4O. The minimum atomic E-state index is -0.151. The molecule has 0 aliphatic carbocycles. The lowest BCUT2D eigenvalue weighted by Gasteiger charge is -2.11. The van der Waals surface area contributed by atoms with E-state index in [0.29, 0.717) is 0 Å². The van der Waals surface area contributed by atoms with Crippen molar-refractivity contribution >= 4 is 11.0 Å². The maximum atomic E-state index is 5.92. The van der Waals surface area contributed by atoms with Crippen molar-refractivity contribution in [1.82, 2.24) is 19.5 Å². The van der Waals surface area contributed by atoms with Crippen molar-refractivity contribution in [3.05, 3.63) is 73.1 Å². The molecule has 1 atom stereocenters. The molecule has 0 aliphatic rings. The molecule has 4 rings (SSSR count). The zero-order valence-electron chi connectivity index (χ0n) is 12.7. The third kappa shape index (κ3) is 2.68. The van der Waals surface area contributed by atoms with Crippen LogP contribution in [0.25, 0.3) is 16.7 Å². The van der Waals surface area contributed by atoms with Crippen molar-refractivity contribution in [2.75, 3.05) is 0 Å². The third-order valence-electron chi connectivity index (χ3n) is 3.73. The van der Waals surface area contributed by atoms with Gasteiger partial charge in [0.2, 0.25) is 0 Å². The van der Waals surface area contributed by atoms with Crippen molar-refractivity contribution in [3.8, 4) is 11.4 Å². The van der Waals surface area contributed by atoms with E-state index in [1.165, 1.54) is 0 Å². The van der Waals surface area contributed by atoms with Crippen LogP contribution in [0, 0.1) is 0 Å². The average molecular weight is 304 g/mol. The molecule has 0 aliphatic heterocycles. The summed E-state index contributed by atoms with van der Waals surface area (Å²) >= 11 is 0. The van der Waals surface area contributed by atoms with E-state index >= 15 is 0 Å². The SMILES string of the molecule is C[C@H](Oc1ccccc1)c1nc2ccc(-n3ccnc3)cc2[nH]1. The summed E-state index contributed by atoms with van der Waals surface area (Å²) in [5, 5.41) is 0. The van der Waals surface area contributed by atoms with Gasteiger partial charge in [-0.3, -0.25) is 0 Å². The van der Waals surface area contributed by atoms with Crippen LogP contribution in [-0.2, 0) is 0 Å². The Hall–Kier alpha value is -3.08. The summed E-state index contributed by atoms with van der Waals surface area (Å²) in [5.74, 6) is 1.64. The number of rotatable bonds is 4. The number of nitrogens with one attached hydrogen (secondary N) is 1. The molecule has 0 bridgehead atoms. The molecule has 4 aromatic rings. The number of aromatic amines is 1. The largest absolute Gasteiger partial charge is 0.483 e. The van der Waals surface area contributed by atoms with E-state index in [4.69, 9.17) is 4.74 Å². The molecule has 2 aromatic heterocycles. The zero-order chi connectivity index (χ0) is 15.6. The van der Waals surface area contributed by atoms with Crippen LogP contribution in [-0.4, -0.2) is 19.5 Å². The number of hydrogen-bond donors (Lipinski definition) is 1. The molecular weight excluding hydrogens is 288 g/mol. The van der Waals surface area contributed by atoms with E-state index in [1.807, 2.05) is 60.2 Å². The maximum Gasteiger partial charge on any atom is 0.153 e. The van der Waals surface area contributed by atoms with Crippen molar-refractivity contribution in [2.45, 2.75) is 13.0 Å². The molecule has 114 valence electrons. The molecule has 1 N–H and O–H groups in total. The van der Waals surface area contributed by atoms with Gasteiger partial charge >= 0.3 is 0 Å². The topological polar surface area (TPSA) is 55.7 Å². The number of imidazole rings is 2. The lowest BCUT2D eigenvalue weighted by atomic mass is 10.3. The third-order valence-corrected chi connectivity index (χ3v) is 3.73. The van der Waals surface area contributed by atoms with Crippen LogP contribution in [0.5, 0.6) is 5.75 Å². The monoisotopic (exact) mass is 304 g/mol. The van der Waals surface area contributed by atoms with Crippen LogP contribution in [0.2, 0.25) is 0 Å². The van der Waals surface area contributed by atoms with Gasteiger partial charge in [0.25, 0.3) is 0 Å². The number of ether oxygens (including phenoxy) is 1. The molecule has 23 heavy (non-hydrogen) atoms. The van der Waals surface area contributed by atoms with Crippen LogP contribution in [0.15, 0.2) is 67.3 Å². The van der Waals surface area contributed by atoms with Crippen molar-refractivity contribution < 1.29 is 4.74 Å². The fourth-order valence-electron chi connectivity index (χ4n) is 2.54. The Kier molecular flexibility index (Phi) is 3.31. The standard InChI is InChI=1S/C18H16N4O/c1-13(23-15-5-3-2-4-6-15)18-20-16-8-7-14(11-17(16)21-18)22-10-9-19-12-22/h2-13H,1H3,(H,20,21)/t13-/m0/s1. The minimum Gasteiger partial charge on any atom is -0.483 e. The van der Waals surface area contributed by atoms with Gasteiger partial charge in [0.05, 0.1) is 17.4 Å². The average Bonchev–Trinajstić information content (AvgIpc) is 3.24. The number of benzene rings is 2. The Balaban J connectivity index is 1.63. The molecule has 5 heteroatoms. The number of fused-ring (bicyclic) bond motifs is 1. The predicted octanol–water partition coefficient (Wildman–Crippen LogP) is 3.89. The molecule has 0 saturated carbocycles. The summed E-state index contributed by atoms with van der Waals surface area (Å²) in [4.78, 5) is 12.0. The highest BCUT2D eigenvalue weighted by atomic mass is 16.5. The molecule has 0 spiro atoms. The van der Waals surface area contributed by atoms with Gasteiger partial charge in [-0.15, -0.1) is 0 Å². The van der Waals surface area contributed by atoms with Crippen LogP contribution >= 0.6 is 0 Å². The number of nitrogens with zero attached hydrogens (tertiary/aromatic N) is 3. The van der Waals surface area contributed by atoms with Crippen LogP contribution in [0.3, 0.4) is 0 Å². The first-order valence-corrected chi connectivity index (χ1v) is 7.49. The lowest BCUT2D eigenvalue weighted by Crippen LogP contribution is -2.04. The van der Waals surface area contributed by atoms with Gasteiger partial charge in [-0.25, -0.2) is 9.97 Å². The summed E-state index contributed by atoms with van der Waals surface area (Å²) < 4.78 is 7.89. The van der Waals surface area contributed by atoms with E-state index in [-0.39, 0.29) is 6.10 Å². The van der Waals surface area contributed by atoms with E-state index in [1.54, 1.807) is 12.5 Å². The van der Waals surface area contributed by atoms with Gasteiger partial charge in [0, 0.05) is 18.1 Å². The smallest absolute Gasteiger partial charge is 0.153 e. The zero-order valence-corrected chi connectivity index (χ0v) is 12.7. The highest BCUT2D eigenvalue weighted by molar-refractivity contribution is 5.77. The highest BCUT2D eigenvalue weighted by Gasteiger charge is 2.13. The minimum absolute atomic E-state index is 0.151. The summed E-state index contributed by atoms with van der Waals surface area (Å²) in [5.41, 5.74) is 2.95. The van der Waals surface area contributed by atoms with E-state index in [0.717, 1.165) is 28.3 Å². The second-order valence-corrected chi connectivity index (χ2v) is 5.37. The van der Waals surface area contributed by atoms with E-state index < -0.39 is 0 Å². The molecule has 0 saturated heterocycles. The van der Waals surface area contributed by atoms with Crippen LogP contribution < -0.4 is 4.74 Å². The van der Waals surface area contributed by atoms with Gasteiger partial charge in [0.15, 0.2) is 6.10 Å². The molecule has 2 aromatic carbocycles. The Labute approximate surface area is 133 Å². The molecule has 0 fully saturated rings. The summed E-state index contributed by atoms with van der Waals surface area (Å²) in [6, 6.07) is 15.8. The van der Waals surface area contributed by atoms with Gasteiger partial charge in [-0.1, -0.05) is 18.2 Å².